The van der Waals surface area contributed by atoms with E-state index in [2.05, 4.69) is 10.3 Å². The molecule has 1 aromatic rings. The van der Waals surface area contributed by atoms with Crippen LogP contribution in [0.4, 0.5) is 0 Å². The third-order valence-corrected chi connectivity index (χ3v) is 3.02. The highest BCUT2D eigenvalue weighted by molar-refractivity contribution is 7.98. The maximum Gasteiger partial charge on any atom is 0.365 e. The summed E-state index contributed by atoms with van der Waals surface area (Å²) in [5.41, 5.74) is 0.800. The van der Waals surface area contributed by atoms with Crippen molar-refractivity contribution >= 4 is 29.1 Å². The molecule has 1 aromatic heterocycles. The maximum atomic E-state index is 10.5. The summed E-state index contributed by atoms with van der Waals surface area (Å²) in [6.07, 6.45) is 2.05. The van der Waals surface area contributed by atoms with Crippen LogP contribution in [0.2, 0.25) is 0 Å². The van der Waals surface area contributed by atoms with E-state index in [0.29, 0.717) is 6.54 Å². The van der Waals surface area contributed by atoms with Crippen molar-refractivity contribution in [2.45, 2.75) is 6.54 Å². The zero-order valence-corrected chi connectivity index (χ0v) is 9.45. The molecule has 0 amide bonds. The minimum absolute atomic E-state index is 0.159. The van der Waals surface area contributed by atoms with Crippen LogP contribution in [-0.2, 0) is 6.54 Å². The van der Waals surface area contributed by atoms with E-state index < -0.39 is 5.97 Å². The Kier molecular flexibility index (Phi) is 4.92. The van der Waals surface area contributed by atoms with Crippen LogP contribution in [0.15, 0.2) is 5.38 Å². The standard InChI is InChI=1S/C8H12N2O2S2/c1-13-3-2-9-4-6-5-14-7(10-6)8(11)12/h5,9H,2-4H2,1H3,(H,11,12). The molecule has 0 saturated heterocycles. The van der Waals surface area contributed by atoms with E-state index in [0.717, 1.165) is 18.0 Å². The molecule has 0 aliphatic rings. The van der Waals surface area contributed by atoms with Crippen molar-refractivity contribution in [2.24, 2.45) is 0 Å². The number of nitrogens with one attached hydrogen (secondary N) is 1. The summed E-state index contributed by atoms with van der Waals surface area (Å²) in [7, 11) is 0. The minimum atomic E-state index is -0.953. The molecule has 6 heteroatoms. The van der Waals surface area contributed by atoms with E-state index in [1.54, 1.807) is 17.1 Å². The quantitative estimate of drug-likeness (QED) is 0.724. The van der Waals surface area contributed by atoms with Gasteiger partial charge in [-0.1, -0.05) is 0 Å². The molecule has 0 aliphatic carbocycles. The summed E-state index contributed by atoms with van der Waals surface area (Å²) in [6.45, 7) is 1.56. The van der Waals surface area contributed by atoms with E-state index >= 15 is 0 Å². The molecule has 0 aliphatic heterocycles. The lowest BCUT2D eigenvalue weighted by Crippen LogP contribution is -2.16. The average molecular weight is 232 g/mol. The smallest absolute Gasteiger partial charge is 0.365 e. The van der Waals surface area contributed by atoms with Crippen molar-refractivity contribution in [3.8, 4) is 0 Å². The fraction of sp³-hybridized carbons (Fsp3) is 0.500. The van der Waals surface area contributed by atoms with Gasteiger partial charge in [0.2, 0.25) is 5.01 Å². The molecule has 1 heterocycles. The highest BCUT2D eigenvalue weighted by Crippen LogP contribution is 2.09. The number of hydrogen-bond acceptors (Lipinski definition) is 5. The van der Waals surface area contributed by atoms with Crippen LogP contribution in [0.1, 0.15) is 15.5 Å². The monoisotopic (exact) mass is 232 g/mol. The summed E-state index contributed by atoms with van der Waals surface area (Å²) in [5.74, 6) is 0.0981. The van der Waals surface area contributed by atoms with Crippen LogP contribution in [0.3, 0.4) is 0 Å². The number of hydrogen-bond donors (Lipinski definition) is 2. The number of thioether (sulfide) groups is 1. The Balaban J connectivity index is 2.33. The number of aromatic nitrogens is 1. The van der Waals surface area contributed by atoms with Crippen molar-refractivity contribution in [1.82, 2.24) is 10.3 Å². The lowest BCUT2D eigenvalue weighted by atomic mass is 10.5. The van der Waals surface area contributed by atoms with Gasteiger partial charge in [-0.15, -0.1) is 11.3 Å². The third kappa shape index (κ3) is 3.65. The zero-order valence-electron chi connectivity index (χ0n) is 7.82. The van der Waals surface area contributed by atoms with Crippen molar-refractivity contribution < 1.29 is 9.90 Å². The van der Waals surface area contributed by atoms with Gasteiger partial charge in [-0.2, -0.15) is 11.8 Å². The molecule has 0 radical (unpaired) electrons. The fourth-order valence-electron chi connectivity index (χ4n) is 0.877. The van der Waals surface area contributed by atoms with Crippen molar-refractivity contribution in [3.05, 3.63) is 16.1 Å². The number of rotatable bonds is 6. The summed E-state index contributed by atoms with van der Waals surface area (Å²) in [4.78, 5) is 14.5. The summed E-state index contributed by atoms with van der Waals surface area (Å²) >= 11 is 2.94. The highest BCUT2D eigenvalue weighted by atomic mass is 32.2. The van der Waals surface area contributed by atoms with Crippen LogP contribution in [-0.4, -0.2) is 34.6 Å². The molecule has 0 unspecified atom stereocenters. The van der Waals surface area contributed by atoms with Gasteiger partial charge >= 0.3 is 5.97 Å². The van der Waals surface area contributed by atoms with Gasteiger partial charge in [0.25, 0.3) is 0 Å². The Bertz CT molecular complexity index is 301. The number of nitrogens with zero attached hydrogens (tertiary/aromatic N) is 1. The molecular formula is C8H12N2O2S2. The fourth-order valence-corrected chi connectivity index (χ4v) is 1.88. The molecule has 4 nitrogen and oxygen atoms in total. The maximum absolute atomic E-state index is 10.5. The van der Waals surface area contributed by atoms with Crippen LogP contribution >= 0.6 is 23.1 Å². The lowest BCUT2D eigenvalue weighted by Gasteiger charge is -1.99. The third-order valence-electron chi connectivity index (χ3n) is 1.52. The molecule has 0 bridgehead atoms. The van der Waals surface area contributed by atoms with Gasteiger partial charge in [0.1, 0.15) is 0 Å². The summed E-state index contributed by atoms with van der Waals surface area (Å²) < 4.78 is 0. The summed E-state index contributed by atoms with van der Waals surface area (Å²) in [5, 5.41) is 13.7. The Hall–Kier alpha value is -0.590. The van der Waals surface area contributed by atoms with Crippen LogP contribution in [0.25, 0.3) is 0 Å². The van der Waals surface area contributed by atoms with Crippen molar-refractivity contribution in [2.75, 3.05) is 18.6 Å². The van der Waals surface area contributed by atoms with Gasteiger partial charge in [-0.25, -0.2) is 9.78 Å². The first-order valence-electron chi connectivity index (χ1n) is 4.11. The molecule has 0 atom stereocenters. The first kappa shape index (κ1) is 11.5. The first-order chi connectivity index (χ1) is 6.74. The predicted molar refractivity (Wildman–Crippen MR) is 59.2 cm³/mol. The molecule has 0 fully saturated rings. The topological polar surface area (TPSA) is 62.2 Å². The molecule has 2 N–H and O–H groups in total. The largest absolute Gasteiger partial charge is 0.476 e. The number of carboxylic acid groups (broad SMARTS) is 1. The average Bonchev–Trinajstić information content (AvgIpc) is 2.61. The number of thiazole rings is 1. The second-order valence-corrected chi connectivity index (χ2v) is 4.46. The van der Waals surface area contributed by atoms with Gasteiger partial charge in [0, 0.05) is 24.2 Å². The number of carboxylic acids is 1. The lowest BCUT2D eigenvalue weighted by molar-refractivity contribution is 0.0696. The van der Waals surface area contributed by atoms with E-state index in [1.807, 2.05) is 6.26 Å². The minimum Gasteiger partial charge on any atom is -0.476 e. The number of aromatic carboxylic acids is 1. The molecule has 0 spiro atoms. The van der Waals surface area contributed by atoms with Gasteiger partial charge in [0.05, 0.1) is 5.69 Å². The van der Waals surface area contributed by atoms with Crippen molar-refractivity contribution in [3.63, 3.8) is 0 Å². The van der Waals surface area contributed by atoms with Gasteiger partial charge < -0.3 is 10.4 Å². The van der Waals surface area contributed by atoms with Crippen LogP contribution in [0.5, 0.6) is 0 Å². The molecule has 1 rings (SSSR count). The molecule has 14 heavy (non-hydrogen) atoms. The molecule has 78 valence electrons. The van der Waals surface area contributed by atoms with E-state index in [-0.39, 0.29) is 5.01 Å². The molecular weight excluding hydrogens is 220 g/mol. The van der Waals surface area contributed by atoms with Gasteiger partial charge in [-0.05, 0) is 6.26 Å². The predicted octanol–water partition coefficient (Wildman–Crippen LogP) is 1.29. The van der Waals surface area contributed by atoms with Gasteiger partial charge in [0.15, 0.2) is 0 Å². The summed E-state index contributed by atoms with van der Waals surface area (Å²) in [6, 6.07) is 0. The zero-order chi connectivity index (χ0) is 10.4. The Labute approximate surface area is 90.7 Å². The van der Waals surface area contributed by atoms with E-state index in [4.69, 9.17) is 5.11 Å². The normalized spacial score (nSPS) is 10.4. The van der Waals surface area contributed by atoms with Crippen LogP contribution < -0.4 is 5.32 Å². The van der Waals surface area contributed by atoms with E-state index in [1.165, 1.54) is 11.3 Å². The molecule has 0 saturated carbocycles. The second-order valence-electron chi connectivity index (χ2n) is 2.62. The van der Waals surface area contributed by atoms with Gasteiger partial charge in [-0.3, -0.25) is 0 Å². The Morgan fingerprint density at radius 2 is 2.57 bits per heavy atom. The van der Waals surface area contributed by atoms with Crippen molar-refractivity contribution in [1.29, 1.82) is 0 Å². The Morgan fingerprint density at radius 3 is 3.14 bits per heavy atom. The Morgan fingerprint density at radius 1 is 1.79 bits per heavy atom. The molecule has 0 aromatic carbocycles. The SMILES string of the molecule is CSCCNCc1csc(C(=O)O)n1. The van der Waals surface area contributed by atoms with Crippen LogP contribution in [0, 0.1) is 0 Å². The number of carbonyl (C=O) groups is 1. The second kappa shape index (κ2) is 6.00. The highest BCUT2D eigenvalue weighted by Gasteiger charge is 2.07. The first-order valence-corrected chi connectivity index (χ1v) is 6.38. The van der Waals surface area contributed by atoms with E-state index in [9.17, 15) is 4.79 Å².